The van der Waals surface area contributed by atoms with Crippen LogP contribution in [0.1, 0.15) is 29.5 Å². The van der Waals surface area contributed by atoms with Crippen molar-refractivity contribution in [3.05, 3.63) is 44.9 Å². The lowest BCUT2D eigenvalue weighted by Gasteiger charge is -2.22. The van der Waals surface area contributed by atoms with Crippen LogP contribution in [0.5, 0.6) is 0 Å². The number of hydrogen-bond acceptors (Lipinski definition) is 4. The average molecular weight is 324 g/mol. The van der Waals surface area contributed by atoms with Crippen LogP contribution in [-0.4, -0.2) is 18.6 Å². The minimum atomic E-state index is 0.786. The zero-order chi connectivity index (χ0) is 15.2. The monoisotopic (exact) mass is 323 g/mol. The van der Waals surface area contributed by atoms with Gasteiger partial charge in [-0.3, -0.25) is 0 Å². The fourth-order valence-corrected chi connectivity index (χ4v) is 3.27. The fraction of sp³-hybridized carbons (Fsp3) is 0.438. The summed E-state index contributed by atoms with van der Waals surface area (Å²) in [6.07, 6.45) is 1.13. The lowest BCUT2D eigenvalue weighted by Crippen LogP contribution is -2.21. The molecule has 1 aromatic heterocycles. The second kappa shape index (κ2) is 7.78. The van der Waals surface area contributed by atoms with Crippen molar-refractivity contribution >= 4 is 28.6 Å². The zero-order valence-corrected chi connectivity index (χ0v) is 14.4. The number of aromatic nitrogens is 1. The Morgan fingerprint density at radius 2 is 2.19 bits per heavy atom. The molecule has 0 aliphatic rings. The molecule has 0 radical (unpaired) electrons. The third kappa shape index (κ3) is 4.43. The predicted octanol–water partition coefficient (Wildman–Crippen LogP) is 4.24. The molecule has 0 aliphatic heterocycles. The second-order valence-corrected chi connectivity index (χ2v) is 6.54. The van der Waals surface area contributed by atoms with Crippen LogP contribution in [-0.2, 0) is 13.1 Å². The van der Waals surface area contributed by atoms with Gasteiger partial charge in [0.1, 0.15) is 0 Å². The summed E-state index contributed by atoms with van der Waals surface area (Å²) in [5.74, 6) is 0. The topological polar surface area (TPSA) is 28.2 Å². The lowest BCUT2D eigenvalue weighted by atomic mass is 10.1. The van der Waals surface area contributed by atoms with Gasteiger partial charge >= 0.3 is 0 Å². The Bertz CT molecular complexity index is 583. The van der Waals surface area contributed by atoms with Crippen LogP contribution >= 0.6 is 22.9 Å². The van der Waals surface area contributed by atoms with Crippen LogP contribution in [0, 0.1) is 6.92 Å². The number of rotatable bonds is 7. The molecule has 21 heavy (non-hydrogen) atoms. The van der Waals surface area contributed by atoms with Crippen molar-refractivity contribution < 1.29 is 0 Å². The minimum absolute atomic E-state index is 0.786. The number of aryl methyl sites for hydroxylation is 1. The largest absolute Gasteiger partial charge is 0.369 e. The van der Waals surface area contributed by atoms with Gasteiger partial charge in [0.25, 0.3) is 0 Å². The maximum atomic E-state index is 6.15. The van der Waals surface area contributed by atoms with Crippen LogP contribution < -0.4 is 10.2 Å². The van der Waals surface area contributed by atoms with Crippen molar-refractivity contribution in [3.8, 4) is 0 Å². The summed E-state index contributed by atoms with van der Waals surface area (Å²) in [5.41, 5.74) is 5.48. The molecule has 0 bridgehead atoms. The van der Waals surface area contributed by atoms with Crippen molar-refractivity contribution in [2.45, 2.75) is 33.4 Å². The molecule has 0 unspecified atom stereocenters. The number of benzene rings is 1. The van der Waals surface area contributed by atoms with Gasteiger partial charge in [0.15, 0.2) is 0 Å². The normalized spacial score (nSPS) is 10.9. The minimum Gasteiger partial charge on any atom is -0.369 e. The number of anilines is 1. The van der Waals surface area contributed by atoms with Gasteiger partial charge in [-0.05, 0) is 43.7 Å². The van der Waals surface area contributed by atoms with Crippen LogP contribution in [0.4, 0.5) is 5.69 Å². The van der Waals surface area contributed by atoms with Crippen molar-refractivity contribution in [2.24, 2.45) is 0 Å². The molecule has 5 heteroatoms. The summed E-state index contributed by atoms with van der Waals surface area (Å²) in [7, 11) is 2.12. The van der Waals surface area contributed by atoms with Gasteiger partial charge in [-0.2, -0.15) is 0 Å². The molecule has 2 aromatic rings. The Morgan fingerprint density at radius 1 is 1.38 bits per heavy atom. The first-order valence-corrected chi connectivity index (χ1v) is 8.46. The fourth-order valence-electron chi connectivity index (χ4n) is 2.25. The second-order valence-electron chi connectivity index (χ2n) is 5.17. The first-order valence-electron chi connectivity index (χ1n) is 7.21. The Kier molecular flexibility index (Phi) is 6.03. The smallest absolute Gasteiger partial charge is 0.0798 e. The molecular weight excluding hydrogens is 302 g/mol. The number of thiazole rings is 1. The van der Waals surface area contributed by atoms with E-state index in [1.807, 2.05) is 11.6 Å². The van der Waals surface area contributed by atoms with E-state index >= 15 is 0 Å². The predicted molar refractivity (Wildman–Crippen MR) is 92.4 cm³/mol. The standard InChI is InChI=1S/C16H22ClN3S/c1-4-7-18-9-13-8-14(17)5-6-15(13)20(3)10-16-12(2)19-11-21-16/h5-6,8,11,18H,4,7,9-10H2,1-3H3. The molecule has 114 valence electrons. The van der Waals surface area contributed by atoms with E-state index in [0.717, 1.165) is 36.8 Å². The molecule has 1 N–H and O–H groups in total. The van der Waals surface area contributed by atoms with Crippen molar-refractivity contribution in [3.63, 3.8) is 0 Å². The molecule has 1 aromatic carbocycles. The Hall–Kier alpha value is -1.10. The average Bonchev–Trinajstić information content (AvgIpc) is 2.84. The van der Waals surface area contributed by atoms with E-state index < -0.39 is 0 Å². The third-order valence-electron chi connectivity index (χ3n) is 3.42. The molecule has 0 saturated carbocycles. The first-order chi connectivity index (χ1) is 10.1. The quantitative estimate of drug-likeness (QED) is 0.772. The van der Waals surface area contributed by atoms with E-state index in [1.165, 1.54) is 16.1 Å². The van der Waals surface area contributed by atoms with E-state index in [0.29, 0.717) is 0 Å². The van der Waals surface area contributed by atoms with E-state index in [9.17, 15) is 0 Å². The highest BCUT2D eigenvalue weighted by atomic mass is 35.5. The highest BCUT2D eigenvalue weighted by Gasteiger charge is 2.11. The maximum Gasteiger partial charge on any atom is 0.0798 e. The molecular formula is C16H22ClN3S. The van der Waals surface area contributed by atoms with Crippen LogP contribution in [0.25, 0.3) is 0 Å². The van der Waals surface area contributed by atoms with Crippen LogP contribution in [0.3, 0.4) is 0 Å². The number of hydrogen-bond donors (Lipinski definition) is 1. The molecule has 0 spiro atoms. The summed E-state index contributed by atoms with van der Waals surface area (Å²) in [6.45, 7) is 6.97. The summed E-state index contributed by atoms with van der Waals surface area (Å²) < 4.78 is 0. The van der Waals surface area contributed by atoms with Gasteiger partial charge in [0, 0.05) is 29.2 Å². The number of nitrogens with one attached hydrogen (secondary N) is 1. The van der Waals surface area contributed by atoms with Crippen molar-refractivity contribution in [1.82, 2.24) is 10.3 Å². The molecule has 2 rings (SSSR count). The molecule has 3 nitrogen and oxygen atoms in total. The zero-order valence-electron chi connectivity index (χ0n) is 12.8. The SMILES string of the molecule is CCCNCc1cc(Cl)ccc1N(C)Cc1scnc1C. The molecule has 0 atom stereocenters. The van der Waals surface area contributed by atoms with Gasteiger partial charge in [0.2, 0.25) is 0 Å². The van der Waals surface area contributed by atoms with Crippen LogP contribution in [0.2, 0.25) is 5.02 Å². The van der Waals surface area contributed by atoms with E-state index in [1.54, 1.807) is 11.3 Å². The number of nitrogens with zero attached hydrogens (tertiary/aromatic N) is 2. The van der Waals surface area contributed by atoms with Crippen molar-refractivity contribution in [2.75, 3.05) is 18.5 Å². The third-order valence-corrected chi connectivity index (χ3v) is 4.58. The molecule has 1 heterocycles. The summed E-state index contributed by atoms with van der Waals surface area (Å²) in [5, 5.41) is 4.24. The lowest BCUT2D eigenvalue weighted by molar-refractivity contribution is 0.674. The highest BCUT2D eigenvalue weighted by molar-refractivity contribution is 7.09. The molecule has 0 saturated heterocycles. The Balaban J connectivity index is 2.15. The van der Waals surface area contributed by atoms with E-state index in [2.05, 4.69) is 48.2 Å². The molecule has 0 amide bonds. The van der Waals surface area contributed by atoms with Gasteiger partial charge in [-0.15, -0.1) is 11.3 Å². The van der Waals surface area contributed by atoms with E-state index in [-0.39, 0.29) is 0 Å². The van der Waals surface area contributed by atoms with Gasteiger partial charge in [-0.1, -0.05) is 18.5 Å². The first kappa shape index (κ1) is 16.3. The van der Waals surface area contributed by atoms with Gasteiger partial charge < -0.3 is 10.2 Å². The highest BCUT2D eigenvalue weighted by Crippen LogP contribution is 2.26. The Labute approximate surface area is 136 Å². The molecule has 0 fully saturated rings. The van der Waals surface area contributed by atoms with Crippen LogP contribution in [0.15, 0.2) is 23.7 Å². The molecule has 0 aliphatic carbocycles. The summed E-state index contributed by atoms with van der Waals surface area (Å²) >= 11 is 7.86. The maximum absolute atomic E-state index is 6.15. The van der Waals surface area contributed by atoms with E-state index in [4.69, 9.17) is 11.6 Å². The number of halogens is 1. The summed E-state index contributed by atoms with van der Waals surface area (Å²) in [4.78, 5) is 7.89. The van der Waals surface area contributed by atoms with Gasteiger partial charge in [-0.25, -0.2) is 4.98 Å². The van der Waals surface area contributed by atoms with Gasteiger partial charge in [0.05, 0.1) is 17.7 Å². The summed E-state index contributed by atoms with van der Waals surface area (Å²) in [6, 6.07) is 6.10. The Morgan fingerprint density at radius 3 is 2.86 bits per heavy atom. The van der Waals surface area contributed by atoms with Crippen molar-refractivity contribution in [1.29, 1.82) is 0 Å².